The van der Waals surface area contributed by atoms with Gasteiger partial charge in [0.25, 0.3) is 10.1 Å². The predicted octanol–water partition coefficient (Wildman–Crippen LogP) is 5.40. The number of rotatable bonds is 7. The van der Waals surface area contributed by atoms with Crippen molar-refractivity contribution in [3.8, 4) is 0 Å². The van der Waals surface area contributed by atoms with E-state index in [4.69, 9.17) is 4.55 Å². The first-order valence-corrected chi connectivity index (χ1v) is 14.9. The fourth-order valence-electron chi connectivity index (χ4n) is 9.15. The number of fused-ring (bicyclic) bond motifs is 5. The van der Waals surface area contributed by atoms with Crippen molar-refractivity contribution in [1.29, 1.82) is 0 Å². The van der Waals surface area contributed by atoms with E-state index in [1.54, 1.807) is 0 Å². The molecule has 4 aliphatic rings. The summed E-state index contributed by atoms with van der Waals surface area (Å²) in [5.74, 6) is 2.05. The molecule has 0 aromatic rings. The van der Waals surface area contributed by atoms with Gasteiger partial charge in [-0.2, -0.15) is 8.42 Å². The maximum Gasteiger partial charge on any atom is 0.266 e. The minimum absolute atomic E-state index is 0.0595. The molecule has 0 bridgehead atoms. The van der Waals surface area contributed by atoms with Crippen LogP contribution in [0.25, 0.3) is 0 Å². The van der Waals surface area contributed by atoms with Crippen molar-refractivity contribution >= 4 is 16.0 Å². The Bertz CT molecular complexity index is 834. The van der Waals surface area contributed by atoms with E-state index in [9.17, 15) is 13.2 Å². The van der Waals surface area contributed by atoms with Gasteiger partial charge in [-0.25, -0.2) is 4.39 Å². The lowest BCUT2D eigenvalue weighted by molar-refractivity contribution is -0.146. The number of hydrogen-bond acceptors (Lipinski definition) is 3. The zero-order valence-electron chi connectivity index (χ0n) is 20.7. The molecule has 0 spiro atoms. The molecule has 9 atom stereocenters. The largest absolute Gasteiger partial charge is 0.355 e. The Morgan fingerprint density at radius 1 is 1.09 bits per heavy atom. The Kier molecular flexibility index (Phi) is 7.24. The molecule has 33 heavy (non-hydrogen) atoms. The summed E-state index contributed by atoms with van der Waals surface area (Å²) >= 11 is 0. The van der Waals surface area contributed by atoms with E-state index >= 15 is 4.39 Å². The van der Waals surface area contributed by atoms with Crippen LogP contribution < -0.4 is 5.32 Å². The van der Waals surface area contributed by atoms with Crippen molar-refractivity contribution in [3.63, 3.8) is 0 Å². The molecule has 0 radical (unpaired) electrons. The molecule has 9 unspecified atom stereocenters. The minimum atomic E-state index is -4.06. The average Bonchev–Trinajstić information content (AvgIpc) is 3.08. The average molecular weight is 486 g/mol. The van der Waals surface area contributed by atoms with E-state index in [0.29, 0.717) is 41.4 Å². The summed E-state index contributed by atoms with van der Waals surface area (Å²) in [6.07, 6.45) is 10.9. The standard InChI is InChI=1S/C26H44FNO4S/c1-17(7-10-23(29)28-14-15-33(30,31)32)19-8-9-20-24-21(11-13-26(19,20)3)25(2)12-5-4-6-18(25)16-22(24)27/h17-22,24H,4-16H2,1-3H3,(H,28,29)(H,30,31,32). The molecule has 0 aromatic heterocycles. The maximum absolute atomic E-state index is 15.7. The van der Waals surface area contributed by atoms with E-state index in [0.717, 1.165) is 32.1 Å². The summed E-state index contributed by atoms with van der Waals surface area (Å²) in [6, 6.07) is 0. The first kappa shape index (κ1) is 25.4. The number of carbonyl (C=O) groups is 1. The Morgan fingerprint density at radius 2 is 1.82 bits per heavy atom. The van der Waals surface area contributed by atoms with Crippen molar-refractivity contribution in [1.82, 2.24) is 5.32 Å². The lowest BCUT2D eigenvalue weighted by Gasteiger charge is -2.61. The van der Waals surface area contributed by atoms with Gasteiger partial charge in [0.2, 0.25) is 5.91 Å². The monoisotopic (exact) mass is 485 g/mol. The van der Waals surface area contributed by atoms with Gasteiger partial charge in [0.05, 0.1) is 5.75 Å². The van der Waals surface area contributed by atoms with Crippen molar-refractivity contribution < 1.29 is 22.2 Å². The van der Waals surface area contributed by atoms with E-state index < -0.39 is 22.0 Å². The Labute approximate surface area is 199 Å². The molecule has 4 aliphatic carbocycles. The molecule has 5 nitrogen and oxygen atoms in total. The number of amides is 1. The van der Waals surface area contributed by atoms with Gasteiger partial charge in [0, 0.05) is 13.0 Å². The summed E-state index contributed by atoms with van der Waals surface area (Å²) in [5, 5.41) is 2.60. The summed E-state index contributed by atoms with van der Waals surface area (Å²) < 4.78 is 46.2. The van der Waals surface area contributed by atoms with Crippen LogP contribution >= 0.6 is 0 Å². The molecule has 4 saturated carbocycles. The van der Waals surface area contributed by atoms with Gasteiger partial charge in [0.15, 0.2) is 0 Å². The summed E-state index contributed by atoms with van der Waals surface area (Å²) in [4.78, 5) is 12.2. The number of carbonyl (C=O) groups excluding carboxylic acids is 1. The van der Waals surface area contributed by atoms with Crippen LogP contribution in [0.4, 0.5) is 4.39 Å². The molecular weight excluding hydrogens is 441 g/mol. The van der Waals surface area contributed by atoms with Gasteiger partial charge < -0.3 is 5.32 Å². The molecule has 4 fully saturated rings. The van der Waals surface area contributed by atoms with E-state index in [2.05, 4.69) is 26.1 Å². The molecule has 0 aromatic carbocycles. The first-order chi connectivity index (χ1) is 15.5. The first-order valence-electron chi connectivity index (χ1n) is 13.3. The maximum atomic E-state index is 15.7. The topological polar surface area (TPSA) is 83.5 Å². The molecule has 0 aliphatic heterocycles. The quantitative estimate of drug-likeness (QED) is 0.473. The summed E-state index contributed by atoms with van der Waals surface area (Å²) in [6.45, 7) is 7.08. The lowest BCUT2D eigenvalue weighted by atomic mass is 9.44. The molecule has 0 heterocycles. The Hall–Kier alpha value is -0.690. The molecule has 7 heteroatoms. The second-order valence-electron chi connectivity index (χ2n) is 12.4. The Morgan fingerprint density at radius 3 is 2.55 bits per heavy atom. The third-order valence-corrected chi connectivity index (χ3v) is 11.5. The summed E-state index contributed by atoms with van der Waals surface area (Å²) in [7, 11) is -4.06. The highest BCUT2D eigenvalue weighted by molar-refractivity contribution is 7.85. The predicted molar refractivity (Wildman–Crippen MR) is 128 cm³/mol. The van der Waals surface area contributed by atoms with Crippen LogP contribution in [0, 0.1) is 46.3 Å². The SMILES string of the molecule is CC(CCC(=O)NCCS(=O)(=O)O)C1CCC2C3C(F)CC4CCCCC4(C)C3CCC12C. The van der Waals surface area contributed by atoms with Gasteiger partial charge in [0.1, 0.15) is 6.17 Å². The van der Waals surface area contributed by atoms with Crippen molar-refractivity contribution in [3.05, 3.63) is 0 Å². The van der Waals surface area contributed by atoms with Crippen LogP contribution in [0.3, 0.4) is 0 Å². The molecule has 2 N–H and O–H groups in total. The highest BCUT2D eigenvalue weighted by atomic mass is 32.2. The number of hydrogen-bond donors (Lipinski definition) is 2. The van der Waals surface area contributed by atoms with Gasteiger partial charge >= 0.3 is 0 Å². The van der Waals surface area contributed by atoms with Gasteiger partial charge in [-0.1, -0.05) is 33.6 Å². The minimum Gasteiger partial charge on any atom is -0.355 e. The smallest absolute Gasteiger partial charge is 0.266 e. The van der Waals surface area contributed by atoms with Gasteiger partial charge in [-0.05, 0) is 97.7 Å². The van der Waals surface area contributed by atoms with E-state index in [1.165, 1.54) is 32.1 Å². The second-order valence-corrected chi connectivity index (χ2v) is 13.9. The molecule has 0 saturated heterocycles. The highest BCUT2D eigenvalue weighted by Gasteiger charge is 2.62. The van der Waals surface area contributed by atoms with Crippen LogP contribution in [-0.2, 0) is 14.9 Å². The summed E-state index contributed by atoms with van der Waals surface area (Å²) in [5.41, 5.74) is 0.487. The number of halogens is 1. The van der Waals surface area contributed by atoms with Crippen LogP contribution in [0.5, 0.6) is 0 Å². The highest BCUT2D eigenvalue weighted by Crippen LogP contribution is 2.68. The molecular formula is C26H44FNO4S. The number of alkyl halides is 1. The zero-order chi connectivity index (χ0) is 24.0. The fraction of sp³-hybridized carbons (Fsp3) is 0.962. The second kappa shape index (κ2) is 9.40. The fourth-order valence-corrected chi connectivity index (χ4v) is 9.51. The third-order valence-electron chi connectivity index (χ3n) is 10.8. The van der Waals surface area contributed by atoms with Crippen LogP contribution in [0.15, 0.2) is 0 Å². The van der Waals surface area contributed by atoms with Crippen LogP contribution in [0.2, 0.25) is 0 Å². The van der Waals surface area contributed by atoms with Crippen LogP contribution in [-0.4, -0.2) is 37.3 Å². The Balaban J connectivity index is 1.38. The van der Waals surface area contributed by atoms with E-state index in [-0.39, 0.29) is 23.8 Å². The van der Waals surface area contributed by atoms with Crippen LogP contribution in [0.1, 0.15) is 91.4 Å². The molecule has 190 valence electrons. The lowest BCUT2D eigenvalue weighted by Crippen LogP contribution is -2.56. The van der Waals surface area contributed by atoms with Gasteiger partial charge in [-0.3, -0.25) is 9.35 Å². The zero-order valence-corrected chi connectivity index (χ0v) is 21.5. The van der Waals surface area contributed by atoms with Gasteiger partial charge in [-0.15, -0.1) is 0 Å². The van der Waals surface area contributed by atoms with Crippen molar-refractivity contribution in [2.24, 2.45) is 46.3 Å². The van der Waals surface area contributed by atoms with E-state index in [1.807, 2.05) is 0 Å². The van der Waals surface area contributed by atoms with Crippen molar-refractivity contribution in [2.45, 2.75) is 97.6 Å². The molecule has 4 rings (SSSR count). The molecule has 1 amide bonds. The normalized spacial score (nSPS) is 43.8. The van der Waals surface area contributed by atoms with Crippen molar-refractivity contribution in [2.75, 3.05) is 12.3 Å². The third kappa shape index (κ3) is 4.87. The number of nitrogens with one attached hydrogen (secondary N) is 1.